The van der Waals surface area contributed by atoms with Crippen LogP contribution in [0.1, 0.15) is 5.56 Å². The molecule has 0 fully saturated rings. The van der Waals surface area contributed by atoms with E-state index in [0.29, 0.717) is 0 Å². The van der Waals surface area contributed by atoms with Crippen molar-refractivity contribution in [3.63, 3.8) is 0 Å². The minimum absolute atomic E-state index is 0. The summed E-state index contributed by atoms with van der Waals surface area (Å²) in [5.41, 5.74) is 4.19. The Hall–Kier alpha value is -2.71. The third-order valence-electron chi connectivity index (χ3n) is 4.83. The Balaban J connectivity index is 0.00000256. The summed E-state index contributed by atoms with van der Waals surface area (Å²) in [6.07, 6.45) is 2.94. The van der Waals surface area contributed by atoms with Crippen molar-refractivity contribution in [1.82, 2.24) is 9.97 Å². The molecule has 0 amide bonds. The Kier molecular flexibility index (Phi) is 7.23. The first-order valence-electron chi connectivity index (χ1n) is 9.27. The molecular formula is C22H24BrN3O3S. The van der Waals surface area contributed by atoms with Crippen molar-refractivity contribution in [1.29, 1.82) is 0 Å². The molecule has 0 atom stereocenters. The molecule has 0 aliphatic carbocycles. The van der Waals surface area contributed by atoms with Gasteiger partial charge in [0.15, 0.2) is 5.13 Å². The maximum absolute atomic E-state index is 5.49. The van der Waals surface area contributed by atoms with Crippen molar-refractivity contribution in [3.8, 4) is 28.5 Å². The molecule has 8 heteroatoms. The Morgan fingerprint density at radius 1 is 1.00 bits per heavy atom. The van der Waals surface area contributed by atoms with E-state index in [-0.39, 0.29) is 17.0 Å². The fourth-order valence-electron chi connectivity index (χ4n) is 3.28. The summed E-state index contributed by atoms with van der Waals surface area (Å²) < 4.78 is 16.1. The summed E-state index contributed by atoms with van der Waals surface area (Å²) in [4.78, 5) is 8.03. The number of rotatable bonds is 8. The molecule has 30 heavy (non-hydrogen) atoms. The molecule has 0 unspecified atom stereocenters. The number of halogens is 1. The van der Waals surface area contributed by atoms with Gasteiger partial charge in [-0.25, -0.2) is 4.98 Å². The SMILES string of the molecule is Br.COc1ccc(-c2csc(NCCc3c[nH]c4ccc(OC)cc34)n2)c(OC)c1. The average molecular weight is 490 g/mol. The second-order valence-electron chi connectivity index (χ2n) is 6.51. The highest BCUT2D eigenvalue weighted by Gasteiger charge is 2.12. The van der Waals surface area contributed by atoms with Crippen LogP contribution in [0.5, 0.6) is 17.2 Å². The first kappa shape index (κ1) is 22.0. The number of ether oxygens (including phenoxy) is 3. The van der Waals surface area contributed by atoms with Crippen molar-refractivity contribution >= 4 is 44.4 Å². The Morgan fingerprint density at radius 2 is 1.77 bits per heavy atom. The Morgan fingerprint density at radius 3 is 2.53 bits per heavy atom. The molecule has 0 spiro atoms. The maximum atomic E-state index is 5.49. The van der Waals surface area contributed by atoms with Gasteiger partial charge in [-0.1, -0.05) is 0 Å². The molecule has 0 saturated heterocycles. The highest BCUT2D eigenvalue weighted by molar-refractivity contribution is 8.93. The molecule has 158 valence electrons. The number of anilines is 1. The van der Waals surface area contributed by atoms with Crippen LogP contribution in [-0.4, -0.2) is 37.8 Å². The van der Waals surface area contributed by atoms with Gasteiger partial charge in [-0.3, -0.25) is 0 Å². The predicted octanol–water partition coefficient (Wildman–Crippen LogP) is 5.55. The molecule has 2 aromatic heterocycles. The molecule has 0 radical (unpaired) electrons. The molecule has 2 aromatic carbocycles. The predicted molar refractivity (Wildman–Crippen MR) is 128 cm³/mol. The highest BCUT2D eigenvalue weighted by Crippen LogP contribution is 2.34. The summed E-state index contributed by atoms with van der Waals surface area (Å²) in [6, 6.07) is 11.8. The fourth-order valence-corrected chi connectivity index (χ4v) is 4.02. The maximum Gasteiger partial charge on any atom is 0.183 e. The van der Waals surface area contributed by atoms with Crippen LogP contribution in [0.15, 0.2) is 48.0 Å². The minimum Gasteiger partial charge on any atom is -0.497 e. The Labute approximate surface area is 190 Å². The number of hydrogen-bond acceptors (Lipinski definition) is 6. The first-order valence-corrected chi connectivity index (χ1v) is 10.2. The third kappa shape index (κ3) is 4.55. The van der Waals surface area contributed by atoms with Gasteiger partial charge in [0.1, 0.15) is 17.2 Å². The first-order chi connectivity index (χ1) is 14.2. The van der Waals surface area contributed by atoms with E-state index in [9.17, 15) is 0 Å². The third-order valence-corrected chi connectivity index (χ3v) is 5.63. The lowest BCUT2D eigenvalue weighted by Gasteiger charge is -2.08. The number of benzene rings is 2. The molecule has 0 saturated carbocycles. The second-order valence-corrected chi connectivity index (χ2v) is 7.36. The van der Waals surface area contributed by atoms with Crippen LogP contribution < -0.4 is 19.5 Å². The molecule has 0 aliphatic rings. The number of thiazole rings is 1. The van der Waals surface area contributed by atoms with Crippen molar-refractivity contribution in [2.24, 2.45) is 0 Å². The second kappa shape index (κ2) is 9.86. The summed E-state index contributed by atoms with van der Waals surface area (Å²) in [5, 5.41) is 7.53. The lowest BCUT2D eigenvalue weighted by molar-refractivity contribution is 0.395. The number of aromatic nitrogens is 2. The Bertz CT molecular complexity index is 1130. The van der Waals surface area contributed by atoms with Gasteiger partial charge in [-0.05, 0) is 42.3 Å². The molecule has 4 rings (SSSR count). The van der Waals surface area contributed by atoms with Crippen molar-refractivity contribution < 1.29 is 14.2 Å². The van der Waals surface area contributed by atoms with Crippen LogP contribution in [-0.2, 0) is 6.42 Å². The van der Waals surface area contributed by atoms with E-state index in [4.69, 9.17) is 19.2 Å². The topological polar surface area (TPSA) is 68.4 Å². The lowest BCUT2D eigenvalue weighted by Crippen LogP contribution is -2.04. The smallest absolute Gasteiger partial charge is 0.183 e. The normalized spacial score (nSPS) is 10.5. The molecule has 6 nitrogen and oxygen atoms in total. The van der Waals surface area contributed by atoms with E-state index in [1.807, 2.05) is 35.7 Å². The van der Waals surface area contributed by atoms with Crippen molar-refractivity contribution in [3.05, 3.63) is 53.5 Å². The zero-order valence-electron chi connectivity index (χ0n) is 17.0. The number of H-pyrrole nitrogens is 1. The van der Waals surface area contributed by atoms with Gasteiger partial charge < -0.3 is 24.5 Å². The quantitative estimate of drug-likeness (QED) is 0.339. The van der Waals surface area contributed by atoms with Gasteiger partial charge >= 0.3 is 0 Å². The van der Waals surface area contributed by atoms with Gasteiger partial charge in [-0.15, -0.1) is 28.3 Å². The number of aromatic amines is 1. The molecule has 4 aromatic rings. The van der Waals surface area contributed by atoms with E-state index in [1.165, 1.54) is 10.9 Å². The minimum atomic E-state index is 0. The summed E-state index contributed by atoms with van der Waals surface area (Å²) in [7, 11) is 4.98. The number of hydrogen-bond donors (Lipinski definition) is 2. The van der Waals surface area contributed by atoms with Gasteiger partial charge in [0.05, 0.1) is 27.0 Å². The standard InChI is InChI=1S/C22H23N3O3S.BrH/c1-26-15-5-7-19-18(10-15)14(12-24-19)8-9-23-22-25-20(13-29-22)17-6-4-16(27-2)11-21(17)28-3;/h4-7,10-13,24H,8-9H2,1-3H3,(H,23,25);1H. The zero-order valence-corrected chi connectivity index (χ0v) is 19.6. The largest absolute Gasteiger partial charge is 0.497 e. The summed E-state index contributed by atoms with van der Waals surface area (Å²) >= 11 is 1.58. The van der Waals surface area contributed by atoms with E-state index in [0.717, 1.165) is 52.1 Å². The van der Waals surface area contributed by atoms with E-state index in [2.05, 4.69) is 22.6 Å². The molecular weight excluding hydrogens is 466 g/mol. The van der Waals surface area contributed by atoms with E-state index >= 15 is 0 Å². The van der Waals surface area contributed by atoms with Crippen LogP contribution >= 0.6 is 28.3 Å². The van der Waals surface area contributed by atoms with Crippen molar-refractivity contribution in [2.75, 3.05) is 33.2 Å². The monoisotopic (exact) mass is 489 g/mol. The lowest BCUT2D eigenvalue weighted by atomic mass is 10.1. The van der Waals surface area contributed by atoms with Crippen LogP contribution in [0.3, 0.4) is 0 Å². The van der Waals surface area contributed by atoms with Gasteiger partial charge in [0.25, 0.3) is 0 Å². The highest BCUT2D eigenvalue weighted by atomic mass is 79.9. The van der Waals surface area contributed by atoms with E-state index in [1.54, 1.807) is 32.7 Å². The van der Waals surface area contributed by atoms with Crippen LogP contribution in [0.25, 0.3) is 22.2 Å². The van der Waals surface area contributed by atoms with Gasteiger partial charge in [0, 0.05) is 40.7 Å². The number of nitrogens with one attached hydrogen (secondary N) is 2. The average Bonchev–Trinajstić information content (AvgIpc) is 3.40. The van der Waals surface area contributed by atoms with Crippen LogP contribution in [0.2, 0.25) is 0 Å². The van der Waals surface area contributed by atoms with Gasteiger partial charge in [-0.2, -0.15) is 0 Å². The molecule has 2 heterocycles. The fraction of sp³-hybridized carbons (Fsp3) is 0.227. The number of fused-ring (bicyclic) bond motifs is 1. The molecule has 0 aliphatic heterocycles. The molecule has 0 bridgehead atoms. The van der Waals surface area contributed by atoms with Crippen LogP contribution in [0, 0.1) is 0 Å². The van der Waals surface area contributed by atoms with Crippen molar-refractivity contribution in [2.45, 2.75) is 6.42 Å². The summed E-state index contributed by atoms with van der Waals surface area (Å²) in [6.45, 7) is 0.789. The zero-order chi connectivity index (χ0) is 20.2. The summed E-state index contributed by atoms with van der Waals surface area (Å²) in [5.74, 6) is 2.37. The molecule has 2 N–H and O–H groups in total. The number of nitrogens with zero attached hydrogens (tertiary/aromatic N) is 1. The number of methoxy groups -OCH3 is 3. The van der Waals surface area contributed by atoms with Gasteiger partial charge in [0.2, 0.25) is 0 Å². The van der Waals surface area contributed by atoms with Crippen LogP contribution in [0.4, 0.5) is 5.13 Å². The van der Waals surface area contributed by atoms with E-state index < -0.39 is 0 Å².